The van der Waals surface area contributed by atoms with Gasteiger partial charge >= 0.3 is 0 Å². The van der Waals surface area contributed by atoms with Crippen molar-refractivity contribution in [2.24, 2.45) is 28.6 Å². The van der Waals surface area contributed by atoms with Crippen LogP contribution in [0.1, 0.15) is 52.4 Å². The van der Waals surface area contributed by atoms with E-state index in [-0.39, 0.29) is 29.6 Å². The monoisotopic (exact) mass is 322 g/mol. The molecule has 0 bridgehead atoms. The van der Waals surface area contributed by atoms with Crippen LogP contribution in [0.3, 0.4) is 0 Å². The quantitative estimate of drug-likeness (QED) is 0.676. The number of hydrogen-bond acceptors (Lipinski definition) is 2. The molecule has 23 heavy (non-hydrogen) atoms. The van der Waals surface area contributed by atoms with Crippen LogP contribution in [0.2, 0.25) is 0 Å². The zero-order chi connectivity index (χ0) is 16.6. The highest BCUT2D eigenvalue weighted by molar-refractivity contribution is 5.95. The molecule has 7 atom stereocenters. The van der Waals surface area contributed by atoms with Crippen molar-refractivity contribution in [2.75, 3.05) is 0 Å². The van der Waals surface area contributed by atoms with Crippen LogP contribution >= 0.6 is 0 Å². The molecule has 3 fully saturated rings. The molecule has 4 aliphatic carbocycles. The van der Waals surface area contributed by atoms with Crippen molar-refractivity contribution in [3.05, 3.63) is 11.6 Å². The third-order valence-corrected chi connectivity index (χ3v) is 7.65. The molecular formula is C19H24F2O2. The van der Waals surface area contributed by atoms with Crippen LogP contribution in [0.5, 0.6) is 0 Å². The van der Waals surface area contributed by atoms with Crippen molar-refractivity contribution < 1.29 is 18.4 Å². The van der Waals surface area contributed by atoms with Gasteiger partial charge in [-0.25, -0.2) is 8.78 Å². The number of ketones is 2. The zero-order valence-corrected chi connectivity index (χ0v) is 13.8. The minimum Gasteiger partial charge on any atom is -0.299 e. The zero-order valence-electron chi connectivity index (χ0n) is 13.8. The van der Waals surface area contributed by atoms with E-state index in [4.69, 9.17) is 0 Å². The average Bonchev–Trinajstić information content (AvgIpc) is 2.78. The molecule has 4 aliphatic rings. The van der Waals surface area contributed by atoms with Crippen molar-refractivity contribution in [1.29, 1.82) is 0 Å². The minimum absolute atomic E-state index is 0.108. The van der Waals surface area contributed by atoms with Crippen molar-refractivity contribution in [3.8, 4) is 0 Å². The number of fused-ring (bicyclic) bond motifs is 5. The molecule has 4 heteroatoms. The summed E-state index contributed by atoms with van der Waals surface area (Å²) in [5, 5.41) is 0. The summed E-state index contributed by atoms with van der Waals surface area (Å²) >= 11 is 0. The fourth-order valence-corrected chi connectivity index (χ4v) is 6.36. The average molecular weight is 322 g/mol. The highest BCUT2D eigenvalue weighted by atomic mass is 19.1. The molecule has 0 radical (unpaired) electrons. The van der Waals surface area contributed by atoms with E-state index in [1.807, 2.05) is 13.8 Å². The van der Waals surface area contributed by atoms with E-state index in [1.54, 1.807) is 0 Å². The van der Waals surface area contributed by atoms with E-state index >= 15 is 0 Å². The van der Waals surface area contributed by atoms with Crippen LogP contribution < -0.4 is 0 Å². The van der Waals surface area contributed by atoms with Crippen LogP contribution in [0.15, 0.2) is 11.6 Å². The van der Waals surface area contributed by atoms with E-state index in [0.29, 0.717) is 24.2 Å². The number of rotatable bonds is 0. The maximum absolute atomic E-state index is 14.9. The number of alkyl halides is 2. The van der Waals surface area contributed by atoms with Gasteiger partial charge in [0.05, 0.1) is 0 Å². The third kappa shape index (κ3) is 1.90. The summed E-state index contributed by atoms with van der Waals surface area (Å²) < 4.78 is 29.0. The van der Waals surface area contributed by atoms with E-state index < -0.39 is 23.5 Å². The van der Waals surface area contributed by atoms with Crippen molar-refractivity contribution in [2.45, 2.75) is 64.7 Å². The van der Waals surface area contributed by atoms with E-state index in [9.17, 15) is 18.4 Å². The first-order valence-electron chi connectivity index (χ1n) is 8.85. The normalized spacial score (nSPS) is 52.5. The van der Waals surface area contributed by atoms with Gasteiger partial charge in [-0.1, -0.05) is 13.8 Å². The van der Waals surface area contributed by atoms with Gasteiger partial charge in [0.1, 0.15) is 12.0 Å². The number of carbonyl (C=O) groups excluding carboxylic acids is 2. The Kier molecular flexibility index (Phi) is 3.18. The Balaban J connectivity index is 1.75. The number of carbonyl (C=O) groups is 2. The first kappa shape index (κ1) is 15.5. The lowest BCUT2D eigenvalue weighted by Gasteiger charge is -2.57. The maximum Gasteiger partial charge on any atom is 0.189 e. The summed E-state index contributed by atoms with van der Waals surface area (Å²) in [4.78, 5) is 24.0. The fraction of sp³-hybridized carbons (Fsp3) is 0.789. The molecule has 0 amide bonds. The van der Waals surface area contributed by atoms with Gasteiger partial charge in [-0.15, -0.1) is 0 Å². The van der Waals surface area contributed by atoms with Gasteiger partial charge < -0.3 is 0 Å². The second kappa shape index (κ2) is 4.73. The van der Waals surface area contributed by atoms with Gasteiger partial charge in [-0.3, -0.25) is 9.59 Å². The van der Waals surface area contributed by atoms with Gasteiger partial charge in [0.15, 0.2) is 12.0 Å². The molecule has 0 aromatic heterocycles. The summed E-state index contributed by atoms with van der Waals surface area (Å²) in [5.41, 5.74) is -0.355. The van der Waals surface area contributed by atoms with E-state index in [0.717, 1.165) is 19.3 Å². The highest BCUT2D eigenvalue weighted by Gasteiger charge is 2.61. The van der Waals surface area contributed by atoms with Crippen LogP contribution in [0, 0.1) is 28.6 Å². The topological polar surface area (TPSA) is 34.1 Å². The number of Topliss-reactive ketones (excluding diaryl/α,β-unsaturated/α-hetero) is 1. The second-order valence-electron chi connectivity index (χ2n) is 8.59. The van der Waals surface area contributed by atoms with Crippen molar-refractivity contribution >= 4 is 11.6 Å². The van der Waals surface area contributed by atoms with Crippen LogP contribution in [0.4, 0.5) is 8.78 Å². The minimum atomic E-state index is -1.51. The Morgan fingerprint density at radius 1 is 1.04 bits per heavy atom. The Bertz CT molecular complexity index is 612. The lowest BCUT2D eigenvalue weighted by atomic mass is 9.47. The molecule has 0 saturated heterocycles. The Labute approximate surface area is 135 Å². The standard InChI is InChI=1S/C19H24F2O2/c1-18-6-5-12-10(11(18)3-4-17(18)23)7-14(20)13-8-16(22)15(21)9-19(12,13)2/h8,10-12,14-15H,3-7,9H2,1-2H3/t10-,11-,12-,14+,15+,18-,19+/m0/s1. The molecule has 126 valence electrons. The molecule has 0 aliphatic heterocycles. The summed E-state index contributed by atoms with van der Waals surface area (Å²) in [6.07, 6.45) is 2.18. The molecule has 2 nitrogen and oxygen atoms in total. The fourth-order valence-electron chi connectivity index (χ4n) is 6.36. The molecular weight excluding hydrogens is 298 g/mol. The second-order valence-corrected chi connectivity index (χ2v) is 8.59. The summed E-state index contributed by atoms with van der Waals surface area (Å²) in [6.45, 7) is 3.99. The Morgan fingerprint density at radius 2 is 1.74 bits per heavy atom. The third-order valence-electron chi connectivity index (χ3n) is 7.65. The smallest absolute Gasteiger partial charge is 0.189 e. The molecule has 0 unspecified atom stereocenters. The Hall–Kier alpha value is -1.06. The molecule has 0 aromatic rings. The largest absolute Gasteiger partial charge is 0.299 e. The van der Waals surface area contributed by atoms with Gasteiger partial charge in [0.25, 0.3) is 0 Å². The Morgan fingerprint density at radius 3 is 2.48 bits per heavy atom. The van der Waals surface area contributed by atoms with Crippen LogP contribution in [0.25, 0.3) is 0 Å². The van der Waals surface area contributed by atoms with Crippen molar-refractivity contribution in [3.63, 3.8) is 0 Å². The predicted octanol–water partition coefficient (Wildman–Crippen LogP) is 3.98. The molecule has 0 heterocycles. The first-order chi connectivity index (χ1) is 10.8. The molecule has 0 spiro atoms. The van der Waals surface area contributed by atoms with E-state index in [2.05, 4.69) is 0 Å². The summed E-state index contributed by atoms with van der Waals surface area (Å²) in [5.74, 6) is 0.301. The van der Waals surface area contributed by atoms with Gasteiger partial charge in [0.2, 0.25) is 0 Å². The highest BCUT2D eigenvalue weighted by Crippen LogP contribution is 2.64. The molecule has 3 saturated carbocycles. The summed E-state index contributed by atoms with van der Waals surface area (Å²) in [6, 6.07) is 0. The molecule has 0 N–H and O–H groups in total. The van der Waals surface area contributed by atoms with Crippen molar-refractivity contribution in [1.82, 2.24) is 0 Å². The SMILES string of the molecule is C[C@]12C[C@@H](F)C(=O)C=C1[C@H](F)C[C@@H]1[C@@H]2CC[C@]2(C)C(=O)CC[C@@H]12. The summed E-state index contributed by atoms with van der Waals surface area (Å²) in [7, 11) is 0. The van der Waals surface area contributed by atoms with Crippen LogP contribution in [-0.4, -0.2) is 23.9 Å². The predicted molar refractivity (Wildman–Crippen MR) is 82.3 cm³/mol. The maximum atomic E-state index is 14.9. The number of hydrogen-bond donors (Lipinski definition) is 0. The van der Waals surface area contributed by atoms with Gasteiger partial charge in [-0.05, 0) is 66.9 Å². The molecule has 0 aromatic carbocycles. The van der Waals surface area contributed by atoms with Gasteiger partial charge in [0, 0.05) is 11.8 Å². The first-order valence-corrected chi connectivity index (χ1v) is 8.85. The van der Waals surface area contributed by atoms with Crippen LogP contribution in [-0.2, 0) is 9.59 Å². The molecule has 4 rings (SSSR count). The lowest BCUT2D eigenvalue weighted by Crippen LogP contribution is -2.54. The number of allylic oxidation sites excluding steroid dienone is 1. The lowest BCUT2D eigenvalue weighted by molar-refractivity contribution is -0.134. The van der Waals surface area contributed by atoms with E-state index in [1.165, 1.54) is 6.08 Å². The van der Waals surface area contributed by atoms with Gasteiger partial charge in [-0.2, -0.15) is 0 Å². The number of halogens is 2.